The lowest BCUT2D eigenvalue weighted by molar-refractivity contribution is -0.125. The van der Waals surface area contributed by atoms with Gasteiger partial charge in [-0.1, -0.05) is 30.3 Å². The quantitative estimate of drug-likeness (QED) is 0.662. The number of esters is 1. The third-order valence-corrected chi connectivity index (χ3v) is 4.60. The smallest absolute Gasteiger partial charge is 0.349 e. The number of ether oxygens (including phenoxy) is 1. The van der Waals surface area contributed by atoms with Crippen LogP contribution in [-0.2, 0) is 9.53 Å². The van der Waals surface area contributed by atoms with E-state index in [1.807, 2.05) is 19.1 Å². The van der Waals surface area contributed by atoms with Crippen molar-refractivity contribution in [2.75, 3.05) is 5.32 Å². The summed E-state index contributed by atoms with van der Waals surface area (Å²) in [5.74, 6) is -1.47. The predicted molar refractivity (Wildman–Crippen MR) is 98.7 cm³/mol. The Kier molecular flexibility index (Phi) is 5.43. The average molecular weight is 369 g/mol. The number of aryl methyl sites for hydroxylation is 1. The molecule has 4 nitrogen and oxygen atoms in total. The first-order valence-corrected chi connectivity index (χ1v) is 8.73. The summed E-state index contributed by atoms with van der Waals surface area (Å²) in [4.78, 5) is 26.5. The summed E-state index contributed by atoms with van der Waals surface area (Å²) < 4.78 is 18.5. The van der Waals surface area contributed by atoms with Crippen molar-refractivity contribution in [1.82, 2.24) is 0 Å². The van der Waals surface area contributed by atoms with E-state index in [1.54, 1.807) is 30.3 Å². The fourth-order valence-corrected chi connectivity index (χ4v) is 3.10. The van der Waals surface area contributed by atoms with Crippen LogP contribution in [0.2, 0.25) is 0 Å². The van der Waals surface area contributed by atoms with Crippen LogP contribution in [0.15, 0.2) is 66.7 Å². The number of hydrogen-bond acceptors (Lipinski definition) is 4. The predicted octanol–water partition coefficient (Wildman–Crippen LogP) is 4.73. The highest BCUT2D eigenvalue weighted by molar-refractivity contribution is 7.13. The van der Waals surface area contributed by atoms with Gasteiger partial charge < -0.3 is 10.1 Å². The third-order valence-electron chi connectivity index (χ3n) is 3.62. The van der Waals surface area contributed by atoms with Gasteiger partial charge in [0, 0.05) is 16.1 Å². The molecule has 0 spiro atoms. The maximum atomic E-state index is 13.0. The highest BCUT2D eigenvalue weighted by Crippen LogP contribution is 2.24. The monoisotopic (exact) mass is 369 g/mol. The first-order valence-electron chi connectivity index (χ1n) is 7.92. The first kappa shape index (κ1) is 17.8. The molecule has 3 aromatic rings. The molecule has 0 saturated carbocycles. The Morgan fingerprint density at radius 2 is 1.69 bits per heavy atom. The van der Waals surface area contributed by atoms with Gasteiger partial charge in [-0.2, -0.15) is 0 Å². The lowest BCUT2D eigenvalue weighted by Gasteiger charge is -2.17. The lowest BCUT2D eigenvalue weighted by atomic mass is 10.1. The fraction of sp³-hybridized carbons (Fsp3) is 0.100. The SMILES string of the molecule is Cc1ccc(C(=O)O[C@H](C(=O)Nc2ccc(F)cc2)c2ccccc2)s1. The summed E-state index contributed by atoms with van der Waals surface area (Å²) in [6, 6.07) is 17.6. The molecule has 0 bridgehead atoms. The van der Waals surface area contributed by atoms with Gasteiger partial charge >= 0.3 is 5.97 Å². The number of carbonyl (C=O) groups is 2. The molecule has 0 radical (unpaired) electrons. The molecule has 1 aromatic heterocycles. The number of carbonyl (C=O) groups excluding carboxylic acids is 2. The topological polar surface area (TPSA) is 55.4 Å². The normalized spacial score (nSPS) is 11.6. The van der Waals surface area contributed by atoms with Gasteiger partial charge in [-0.25, -0.2) is 9.18 Å². The van der Waals surface area contributed by atoms with Gasteiger partial charge in [0.15, 0.2) is 0 Å². The summed E-state index contributed by atoms with van der Waals surface area (Å²) in [6.45, 7) is 1.89. The maximum absolute atomic E-state index is 13.0. The zero-order valence-corrected chi connectivity index (χ0v) is 14.8. The van der Waals surface area contributed by atoms with Crippen molar-refractivity contribution in [1.29, 1.82) is 0 Å². The Balaban J connectivity index is 1.82. The minimum absolute atomic E-state index is 0.401. The van der Waals surface area contributed by atoms with Crippen molar-refractivity contribution in [3.8, 4) is 0 Å². The van der Waals surface area contributed by atoms with Crippen molar-refractivity contribution < 1.29 is 18.7 Å². The summed E-state index contributed by atoms with van der Waals surface area (Å²) in [5, 5.41) is 2.65. The van der Waals surface area contributed by atoms with Crippen LogP contribution in [0.5, 0.6) is 0 Å². The molecule has 0 unspecified atom stereocenters. The fourth-order valence-electron chi connectivity index (χ4n) is 2.35. The largest absolute Gasteiger partial charge is 0.443 e. The Labute approximate surface area is 154 Å². The van der Waals surface area contributed by atoms with Crippen LogP contribution in [0.4, 0.5) is 10.1 Å². The number of anilines is 1. The van der Waals surface area contributed by atoms with Crippen LogP contribution < -0.4 is 5.32 Å². The second kappa shape index (κ2) is 7.93. The molecule has 0 aliphatic heterocycles. The molecule has 1 N–H and O–H groups in total. The Morgan fingerprint density at radius 3 is 2.31 bits per heavy atom. The van der Waals surface area contributed by atoms with E-state index in [0.717, 1.165) is 4.88 Å². The van der Waals surface area contributed by atoms with Gasteiger partial charge in [-0.15, -0.1) is 11.3 Å². The molecule has 0 aliphatic carbocycles. The van der Waals surface area contributed by atoms with E-state index >= 15 is 0 Å². The van der Waals surface area contributed by atoms with Crippen molar-refractivity contribution >= 4 is 28.9 Å². The van der Waals surface area contributed by atoms with Gasteiger partial charge in [0.2, 0.25) is 6.10 Å². The molecule has 0 fully saturated rings. The minimum atomic E-state index is -1.11. The third kappa shape index (κ3) is 4.34. The highest BCUT2D eigenvalue weighted by atomic mass is 32.1. The average Bonchev–Trinajstić information content (AvgIpc) is 3.08. The zero-order valence-electron chi connectivity index (χ0n) is 13.9. The van der Waals surface area contributed by atoms with E-state index in [2.05, 4.69) is 5.32 Å². The molecule has 1 amide bonds. The molecule has 0 aliphatic rings. The number of hydrogen-bond donors (Lipinski definition) is 1. The molecular weight excluding hydrogens is 353 g/mol. The second-order valence-electron chi connectivity index (χ2n) is 5.60. The van der Waals surface area contributed by atoms with Crippen LogP contribution in [0.1, 0.15) is 26.2 Å². The maximum Gasteiger partial charge on any atom is 0.349 e. The van der Waals surface area contributed by atoms with Crippen molar-refractivity contribution in [3.63, 3.8) is 0 Å². The van der Waals surface area contributed by atoms with E-state index < -0.39 is 23.8 Å². The Hall–Kier alpha value is -2.99. The standard InChI is InChI=1S/C20H16FNO3S/c1-13-7-12-17(26-13)20(24)25-18(14-5-3-2-4-6-14)19(23)22-16-10-8-15(21)9-11-16/h2-12,18H,1H3,(H,22,23)/t18-/m0/s1. The van der Waals surface area contributed by atoms with Gasteiger partial charge in [0.05, 0.1) is 0 Å². The molecule has 26 heavy (non-hydrogen) atoms. The summed E-state index contributed by atoms with van der Waals surface area (Å²) >= 11 is 1.30. The number of amides is 1. The summed E-state index contributed by atoms with van der Waals surface area (Å²) in [5.41, 5.74) is 0.967. The number of rotatable bonds is 5. The number of benzene rings is 2. The Morgan fingerprint density at radius 1 is 1.00 bits per heavy atom. The summed E-state index contributed by atoms with van der Waals surface area (Å²) in [7, 11) is 0. The lowest BCUT2D eigenvalue weighted by Crippen LogP contribution is -2.25. The molecule has 6 heteroatoms. The van der Waals surface area contributed by atoms with E-state index in [4.69, 9.17) is 4.74 Å². The zero-order chi connectivity index (χ0) is 18.5. The van der Waals surface area contributed by atoms with E-state index in [9.17, 15) is 14.0 Å². The van der Waals surface area contributed by atoms with Gasteiger partial charge in [0.1, 0.15) is 10.7 Å². The van der Waals surface area contributed by atoms with Gasteiger partial charge in [-0.05, 0) is 43.3 Å². The van der Waals surface area contributed by atoms with Gasteiger partial charge in [-0.3, -0.25) is 4.79 Å². The highest BCUT2D eigenvalue weighted by Gasteiger charge is 2.26. The molecule has 0 saturated heterocycles. The molecule has 3 rings (SSSR count). The Bertz CT molecular complexity index is 906. The molecule has 132 valence electrons. The molecule has 2 aromatic carbocycles. The minimum Gasteiger partial charge on any atom is -0.443 e. The first-order chi connectivity index (χ1) is 12.5. The van der Waals surface area contributed by atoms with Gasteiger partial charge in [0.25, 0.3) is 5.91 Å². The van der Waals surface area contributed by atoms with Crippen LogP contribution in [0.3, 0.4) is 0 Å². The van der Waals surface area contributed by atoms with E-state index in [0.29, 0.717) is 16.1 Å². The molecule has 1 atom stereocenters. The van der Waals surface area contributed by atoms with Crippen LogP contribution in [0, 0.1) is 12.7 Å². The molecule has 1 heterocycles. The second-order valence-corrected chi connectivity index (χ2v) is 6.89. The van der Waals surface area contributed by atoms with E-state index in [1.165, 1.54) is 35.6 Å². The van der Waals surface area contributed by atoms with Crippen LogP contribution in [-0.4, -0.2) is 11.9 Å². The van der Waals surface area contributed by atoms with Crippen LogP contribution in [0.25, 0.3) is 0 Å². The van der Waals surface area contributed by atoms with Crippen LogP contribution >= 0.6 is 11.3 Å². The number of nitrogens with one attached hydrogen (secondary N) is 1. The summed E-state index contributed by atoms with van der Waals surface area (Å²) in [6.07, 6.45) is -1.11. The van der Waals surface area contributed by atoms with E-state index in [-0.39, 0.29) is 0 Å². The van der Waals surface area contributed by atoms with Crippen molar-refractivity contribution in [3.05, 3.63) is 87.9 Å². The number of thiophene rings is 1. The van der Waals surface area contributed by atoms with Crippen molar-refractivity contribution in [2.45, 2.75) is 13.0 Å². The molecular formula is C20H16FNO3S. The van der Waals surface area contributed by atoms with Crippen molar-refractivity contribution in [2.24, 2.45) is 0 Å². The number of halogens is 1.